The van der Waals surface area contributed by atoms with Gasteiger partial charge in [0.05, 0.1) is 5.56 Å². The maximum Gasteiger partial charge on any atom is 0.416 e. The number of hydrogen-bond acceptors (Lipinski definition) is 5. The predicted octanol–water partition coefficient (Wildman–Crippen LogP) is 4.69. The zero-order valence-electron chi connectivity index (χ0n) is 19.4. The minimum Gasteiger partial charge on any atom is -0.326 e. The van der Waals surface area contributed by atoms with Crippen molar-refractivity contribution in [2.45, 2.75) is 56.7 Å². The van der Waals surface area contributed by atoms with E-state index in [1.54, 1.807) is 6.33 Å². The van der Waals surface area contributed by atoms with Crippen LogP contribution in [0.5, 0.6) is 0 Å². The Bertz CT molecular complexity index is 1060. The van der Waals surface area contributed by atoms with Gasteiger partial charge in [-0.05, 0) is 67.2 Å². The van der Waals surface area contributed by atoms with Gasteiger partial charge in [0, 0.05) is 56.0 Å². The highest BCUT2D eigenvalue weighted by atomic mass is 19.4. The van der Waals surface area contributed by atoms with Crippen LogP contribution >= 0.6 is 0 Å². The molecule has 3 aliphatic rings. The van der Waals surface area contributed by atoms with Crippen molar-refractivity contribution in [2.24, 2.45) is 17.8 Å². The summed E-state index contributed by atoms with van der Waals surface area (Å²) in [5.74, 6) is 0.993. The van der Waals surface area contributed by atoms with Crippen LogP contribution in [-0.2, 0) is 15.8 Å². The summed E-state index contributed by atoms with van der Waals surface area (Å²) in [4.78, 5) is 35.7. The van der Waals surface area contributed by atoms with Gasteiger partial charge in [-0.15, -0.1) is 0 Å². The van der Waals surface area contributed by atoms with Crippen molar-refractivity contribution < 1.29 is 22.8 Å². The van der Waals surface area contributed by atoms with Gasteiger partial charge in [-0.3, -0.25) is 14.5 Å². The smallest absolute Gasteiger partial charge is 0.326 e. The molecule has 1 aliphatic heterocycles. The van der Waals surface area contributed by atoms with E-state index >= 15 is 0 Å². The Labute approximate surface area is 202 Å². The third-order valence-corrected chi connectivity index (χ3v) is 7.93. The summed E-state index contributed by atoms with van der Waals surface area (Å²) >= 11 is 0. The number of carbonyl (C=O) groups is 2. The number of nitrogens with zero attached hydrogens (tertiary/aromatic N) is 3. The third-order valence-electron chi connectivity index (χ3n) is 7.93. The van der Waals surface area contributed by atoms with Gasteiger partial charge in [0.15, 0.2) is 0 Å². The molecule has 186 valence electrons. The summed E-state index contributed by atoms with van der Waals surface area (Å²) in [5, 5.41) is 2.48. The van der Waals surface area contributed by atoms with Gasteiger partial charge in [-0.2, -0.15) is 13.2 Å². The molecule has 6 nitrogen and oxygen atoms in total. The lowest BCUT2D eigenvalue weighted by Crippen LogP contribution is -2.38. The van der Waals surface area contributed by atoms with Crippen LogP contribution in [0.2, 0.25) is 0 Å². The molecular weight excluding hydrogens is 457 g/mol. The van der Waals surface area contributed by atoms with E-state index < -0.39 is 17.6 Å². The highest BCUT2D eigenvalue weighted by Crippen LogP contribution is 2.54. The number of benzene rings is 1. The maximum absolute atomic E-state index is 12.8. The summed E-state index contributed by atoms with van der Waals surface area (Å²) in [5.41, 5.74) is 0.494. The van der Waals surface area contributed by atoms with E-state index in [0.717, 1.165) is 50.9 Å². The van der Waals surface area contributed by atoms with E-state index in [2.05, 4.69) is 20.2 Å². The number of anilines is 1. The number of likely N-dealkylation sites (tertiary alicyclic amines) is 1. The number of carbonyl (C=O) groups excluding carboxylic acids is 2. The molecule has 0 bridgehead atoms. The molecule has 1 unspecified atom stereocenters. The summed E-state index contributed by atoms with van der Waals surface area (Å²) in [7, 11) is 0. The Hall–Kier alpha value is -2.81. The van der Waals surface area contributed by atoms with E-state index in [9.17, 15) is 22.8 Å². The molecule has 5 rings (SSSR count). The molecule has 2 heterocycles. The lowest BCUT2D eigenvalue weighted by Gasteiger charge is -2.35. The number of halogens is 3. The number of hydrogen-bond donors (Lipinski definition) is 1. The molecule has 2 aromatic rings. The van der Waals surface area contributed by atoms with Crippen LogP contribution in [0.3, 0.4) is 0 Å². The molecule has 1 N–H and O–H groups in total. The first-order valence-corrected chi connectivity index (χ1v) is 12.3. The van der Waals surface area contributed by atoms with Crippen molar-refractivity contribution in [1.82, 2.24) is 14.9 Å². The molecule has 3 fully saturated rings. The largest absolute Gasteiger partial charge is 0.416 e. The quantitative estimate of drug-likeness (QED) is 0.615. The molecule has 35 heavy (non-hydrogen) atoms. The summed E-state index contributed by atoms with van der Waals surface area (Å²) in [6, 6.07) is 5.09. The number of nitrogens with one attached hydrogen (secondary N) is 1. The number of aromatic nitrogens is 2. The SMILES string of the molecule is O=C(CCC(=O)C1[C@H]2CN(C3CCC(c4cncnc4)CC3)C[C@@H]12)Nc1cccc(C(F)(F)F)c1. The fourth-order valence-electron chi connectivity index (χ4n) is 6.03. The minimum atomic E-state index is -4.47. The van der Waals surface area contributed by atoms with Crippen LogP contribution in [0.4, 0.5) is 18.9 Å². The highest BCUT2D eigenvalue weighted by Gasteiger charge is 2.59. The Kier molecular flexibility index (Phi) is 6.61. The molecule has 2 aliphatic carbocycles. The van der Waals surface area contributed by atoms with Gasteiger partial charge in [-0.1, -0.05) is 6.07 Å². The van der Waals surface area contributed by atoms with Gasteiger partial charge >= 0.3 is 6.18 Å². The van der Waals surface area contributed by atoms with E-state index in [-0.39, 0.29) is 30.2 Å². The highest BCUT2D eigenvalue weighted by molar-refractivity contribution is 5.94. The Morgan fingerprint density at radius 1 is 1.00 bits per heavy atom. The number of amides is 1. The summed E-state index contributed by atoms with van der Waals surface area (Å²) in [6.07, 6.45) is 5.60. The number of alkyl halides is 3. The summed E-state index contributed by atoms with van der Waals surface area (Å²) in [6.45, 7) is 1.89. The second-order valence-corrected chi connectivity index (χ2v) is 10.1. The molecule has 0 radical (unpaired) electrons. The van der Waals surface area contributed by atoms with Gasteiger partial charge < -0.3 is 5.32 Å². The maximum atomic E-state index is 12.8. The fraction of sp³-hybridized carbons (Fsp3) is 0.538. The molecule has 1 aromatic carbocycles. The minimum absolute atomic E-state index is 0.0120. The fourth-order valence-corrected chi connectivity index (χ4v) is 6.03. The second kappa shape index (κ2) is 9.68. The van der Waals surface area contributed by atoms with Crippen LogP contribution in [-0.4, -0.2) is 45.7 Å². The van der Waals surface area contributed by atoms with Crippen LogP contribution in [0.15, 0.2) is 43.0 Å². The molecular formula is C26H29F3N4O2. The van der Waals surface area contributed by atoms with E-state index in [1.165, 1.54) is 17.7 Å². The topological polar surface area (TPSA) is 75.2 Å². The van der Waals surface area contributed by atoms with Crippen LogP contribution in [0.25, 0.3) is 0 Å². The number of fused-ring (bicyclic) bond motifs is 1. The Balaban J connectivity index is 1.03. The Morgan fingerprint density at radius 2 is 1.69 bits per heavy atom. The van der Waals surface area contributed by atoms with Gasteiger partial charge in [0.2, 0.25) is 5.91 Å². The van der Waals surface area contributed by atoms with E-state index in [4.69, 9.17) is 0 Å². The standard InChI is InChI=1S/C26H29F3N4O2/c27-26(28,29)18-2-1-3-19(10-18)32-24(35)9-8-23(34)25-21-13-33(14-22(21)25)20-6-4-16(5-7-20)17-11-30-15-31-12-17/h1-3,10-12,15-16,20-22,25H,4-9,13-14H2,(H,32,35)/t16?,20?,21-,22+,25?. The molecule has 1 saturated heterocycles. The zero-order valence-corrected chi connectivity index (χ0v) is 19.4. The van der Waals surface area contributed by atoms with Crippen molar-refractivity contribution in [3.63, 3.8) is 0 Å². The predicted molar refractivity (Wildman–Crippen MR) is 123 cm³/mol. The monoisotopic (exact) mass is 486 g/mol. The summed E-state index contributed by atoms with van der Waals surface area (Å²) < 4.78 is 38.5. The van der Waals surface area contributed by atoms with E-state index in [1.807, 2.05) is 12.4 Å². The van der Waals surface area contributed by atoms with Crippen LogP contribution in [0, 0.1) is 17.8 Å². The van der Waals surface area contributed by atoms with Crippen LogP contribution < -0.4 is 5.32 Å². The first kappa shape index (κ1) is 23.9. The van der Waals surface area contributed by atoms with Gasteiger partial charge in [-0.25, -0.2) is 9.97 Å². The van der Waals surface area contributed by atoms with Gasteiger partial charge in [0.25, 0.3) is 0 Å². The number of rotatable bonds is 7. The molecule has 0 spiro atoms. The average molecular weight is 487 g/mol. The lowest BCUT2D eigenvalue weighted by atomic mass is 9.82. The zero-order chi connectivity index (χ0) is 24.6. The first-order valence-electron chi connectivity index (χ1n) is 12.3. The van der Waals surface area contributed by atoms with Crippen molar-refractivity contribution >= 4 is 17.4 Å². The number of Topliss-reactive ketones (excluding diaryl/α,β-unsaturated/α-hetero) is 1. The van der Waals surface area contributed by atoms with Crippen LogP contribution in [0.1, 0.15) is 55.6 Å². The van der Waals surface area contributed by atoms with Crippen molar-refractivity contribution in [3.8, 4) is 0 Å². The first-order chi connectivity index (χ1) is 16.8. The van der Waals surface area contributed by atoms with Crippen molar-refractivity contribution in [1.29, 1.82) is 0 Å². The third kappa shape index (κ3) is 5.39. The average Bonchev–Trinajstić information content (AvgIpc) is 3.36. The molecule has 3 atom stereocenters. The molecule has 2 saturated carbocycles. The molecule has 1 amide bonds. The van der Waals surface area contributed by atoms with Crippen molar-refractivity contribution in [2.75, 3.05) is 18.4 Å². The molecule has 1 aromatic heterocycles. The lowest BCUT2D eigenvalue weighted by molar-refractivity contribution is -0.137. The van der Waals surface area contributed by atoms with Crippen molar-refractivity contribution in [3.05, 3.63) is 54.1 Å². The second-order valence-electron chi connectivity index (χ2n) is 10.1. The number of piperidine rings is 1. The normalized spacial score (nSPS) is 28.4. The number of ketones is 1. The van der Waals surface area contributed by atoms with E-state index in [0.29, 0.717) is 23.8 Å². The van der Waals surface area contributed by atoms with Gasteiger partial charge in [0.1, 0.15) is 12.1 Å². The Morgan fingerprint density at radius 3 is 2.34 bits per heavy atom. The molecule has 9 heteroatoms.